The van der Waals surface area contributed by atoms with Crippen LogP contribution in [-0.2, 0) is 23.5 Å². The Morgan fingerprint density at radius 3 is 2.81 bits per heavy atom. The number of benzene rings is 2. The quantitative estimate of drug-likeness (QED) is 0.242. The SMILES string of the molecule is Cc1cccc(-n2c(=O)c3c4c(sc3n3c(SCc5ccccc5Cl)nnc23)COC(C(C)C)C4)c1. The van der Waals surface area contributed by atoms with E-state index in [0.717, 1.165) is 54.1 Å². The maximum atomic E-state index is 14.1. The Labute approximate surface area is 221 Å². The number of ether oxygens (including phenoxy) is 1. The van der Waals surface area contributed by atoms with Crippen molar-refractivity contribution in [3.63, 3.8) is 0 Å². The van der Waals surface area contributed by atoms with Crippen molar-refractivity contribution >= 4 is 50.7 Å². The number of nitrogens with zero attached hydrogens (tertiary/aromatic N) is 4. The second-order valence-corrected chi connectivity index (χ2v) is 11.9. The van der Waals surface area contributed by atoms with Gasteiger partial charge >= 0.3 is 0 Å². The molecule has 6 rings (SSSR count). The van der Waals surface area contributed by atoms with Crippen LogP contribution in [0, 0.1) is 12.8 Å². The van der Waals surface area contributed by atoms with Crippen molar-refractivity contribution < 1.29 is 4.74 Å². The van der Waals surface area contributed by atoms with Gasteiger partial charge in [0.1, 0.15) is 4.83 Å². The Morgan fingerprint density at radius 2 is 2.03 bits per heavy atom. The molecule has 6 nitrogen and oxygen atoms in total. The van der Waals surface area contributed by atoms with Crippen LogP contribution in [0.25, 0.3) is 21.7 Å². The molecule has 4 heterocycles. The van der Waals surface area contributed by atoms with E-state index in [4.69, 9.17) is 16.3 Å². The monoisotopic (exact) mass is 536 g/mol. The molecule has 9 heteroatoms. The predicted octanol–water partition coefficient (Wildman–Crippen LogP) is 6.45. The number of aryl methyl sites for hydroxylation is 1. The normalized spacial score (nSPS) is 15.8. The summed E-state index contributed by atoms with van der Waals surface area (Å²) < 4.78 is 9.89. The molecular weight excluding hydrogens is 512 g/mol. The highest BCUT2D eigenvalue weighted by Crippen LogP contribution is 2.38. The van der Waals surface area contributed by atoms with E-state index in [0.29, 0.717) is 24.1 Å². The van der Waals surface area contributed by atoms with Crippen LogP contribution >= 0.6 is 34.7 Å². The van der Waals surface area contributed by atoms with Gasteiger partial charge in [0, 0.05) is 22.1 Å². The molecule has 0 saturated heterocycles. The Kier molecular flexibility index (Phi) is 6.16. The summed E-state index contributed by atoms with van der Waals surface area (Å²) in [5.41, 5.74) is 3.94. The molecule has 0 bridgehead atoms. The van der Waals surface area contributed by atoms with Crippen LogP contribution in [0.15, 0.2) is 58.5 Å². The van der Waals surface area contributed by atoms with Gasteiger partial charge in [0.2, 0.25) is 5.78 Å². The van der Waals surface area contributed by atoms with E-state index < -0.39 is 0 Å². The molecule has 0 fully saturated rings. The van der Waals surface area contributed by atoms with Gasteiger partial charge in [-0.25, -0.2) is 8.97 Å². The van der Waals surface area contributed by atoms with Gasteiger partial charge in [-0.3, -0.25) is 4.79 Å². The maximum Gasteiger partial charge on any atom is 0.268 e. The highest BCUT2D eigenvalue weighted by molar-refractivity contribution is 7.98. The number of fused-ring (bicyclic) bond motifs is 5. The lowest BCUT2D eigenvalue weighted by Crippen LogP contribution is -2.28. The van der Waals surface area contributed by atoms with E-state index in [1.54, 1.807) is 27.7 Å². The minimum Gasteiger partial charge on any atom is -0.372 e. The molecule has 1 atom stereocenters. The van der Waals surface area contributed by atoms with Crippen LogP contribution in [-0.4, -0.2) is 25.3 Å². The lowest BCUT2D eigenvalue weighted by Gasteiger charge is -2.26. The Morgan fingerprint density at radius 1 is 1.19 bits per heavy atom. The molecule has 2 aromatic carbocycles. The van der Waals surface area contributed by atoms with Crippen molar-refractivity contribution in [2.75, 3.05) is 0 Å². The summed E-state index contributed by atoms with van der Waals surface area (Å²) in [6.45, 7) is 6.87. The zero-order valence-electron chi connectivity index (χ0n) is 20.2. The van der Waals surface area contributed by atoms with E-state index in [1.807, 2.05) is 59.9 Å². The number of thiophene rings is 1. The van der Waals surface area contributed by atoms with Gasteiger partial charge in [-0.15, -0.1) is 21.5 Å². The minimum absolute atomic E-state index is 0.0555. The summed E-state index contributed by atoms with van der Waals surface area (Å²) >= 11 is 9.59. The zero-order valence-corrected chi connectivity index (χ0v) is 22.6. The lowest BCUT2D eigenvalue weighted by molar-refractivity contribution is 0.00200. The molecular formula is C27H25ClN4O2S2. The third kappa shape index (κ3) is 3.96. The molecule has 3 aromatic heterocycles. The first-order valence-corrected chi connectivity index (χ1v) is 14.1. The molecule has 1 aliphatic rings. The molecule has 0 spiro atoms. The summed E-state index contributed by atoms with van der Waals surface area (Å²) in [6.07, 6.45) is 0.819. The zero-order chi connectivity index (χ0) is 25.0. The topological polar surface area (TPSA) is 61.4 Å². The molecule has 0 aliphatic carbocycles. The first-order chi connectivity index (χ1) is 17.4. The Balaban J connectivity index is 1.59. The first kappa shape index (κ1) is 23.7. The van der Waals surface area contributed by atoms with Crippen LogP contribution in [0.3, 0.4) is 0 Å². The van der Waals surface area contributed by atoms with Crippen molar-refractivity contribution in [3.8, 4) is 5.69 Å². The van der Waals surface area contributed by atoms with Crippen LogP contribution in [0.1, 0.15) is 35.4 Å². The van der Waals surface area contributed by atoms with Crippen LogP contribution < -0.4 is 5.56 Å². The highest BCUT2D eigenvalue weighted by Gasteiger charge is 2.30. The molecule has 0 amide bonds. The third-order valence-corrected chi connectivity index (χ3v) is 9.20. The molecule has 0 N–H and O–H groups in total. The van der Waals surface area contributed by atoms with Crippen molar-refractivity contribution in [3.05, 3.63) is 85.5 Å². The van der Waals surface area contributed by atoms with Crippen molar-refractivity contribution in [2.45, 2.75) is 50.8 Å². The average molecular weight is 537 g/mol. The number of hydrogen-bond acceptors (Lipinski definition) is 6. The lowest BCUT2D eigenvalue weighted by atomic mass is 9.96. The van der Waals surface area contributed by atoms with Gasteiger partial charge in [0.25, 0.3) is 5.56 Å². The summed E-state index contributed by atoms with van der Waals surface area (Å²) in [6, 6.07) is 15.8. The largest absolute Gasteiger partial charge is 0.372 e. The van der Waals surface area contributed by atoms with Gasteiger partial charge < -0.3 is 4.74 Å². The van der Waals surface area contributed by atoms with Crippen LogP contribution in [0.4, 0.5) is 0 Å². The Hall–Kier alpha value is -2.65. The number of rotatable bonds is 5. The highest BCUT2D eigenvalue weighted by atomic mass is 35.5. The van der Waals surface area contributed by atoms with Crippen LogP contribution in [0.5, 0.6) is 0 Å². The molecule has 1 aliphatic heterocycles. The summed E-state index contributed by atoms with van der Waals surface area (Å²) in [4.78, 5) is 16.1. The van der Waals surface area contributed by atoms with E-state index >= 15 is 0 Å². The fourth-order valence-electron chi connectivity index (χ4n) is 4.72. The fraction of sp³-hybridized carbons (Fsp3) is 0.296. The predicted molar refractivity (Wildman–Crippen MR) is 147 cm³/mol. The third-order valence-electron chi connectivity index (χ3n) is 6.66. The molecule has 1 unspecified atom stereocenters. The van der Waals surface area contributed by atoms with Gasteiger partial charge in [-0.05, 0) is 47.7 Å². The van der Waals surface area contributed by atoms with Crippen molar-refractivity contribution in [2.24, 2.45) is 5.92 Å². The summed E-state index contributed by atoms with van der Waals surface area (Å²) in [5.74, 6) is 1.53. The standard InChI is InChI=1S/C27H25ClN4O2S2/c1-15(2)21-12-19-22(13-34-21)36-25-23(19)24(33)31(18-9-6-7-16(3)11-18)26-29-30-27(32(25)26)35-14-17-8-4-5-10-20(17)28/h4-11,15,21H,12-14H2,1-3H3. The second-order valence-electron chi connectivity index (χ2n) is 9.46. The molecule has 0 radical (unpaired) electrons. The van der Waals surface area contributed by atoms with E-state index in [1.165, 1.54) is 0 Å². The minimum atomic E-state index is -0.0555. The van der Waals surface area contributed by atoms with Gasteiger partial charge in [-0.2, -0.15) is 0 Å². The number of thioether (sulfide) groups is 1. The number of halogens is 1. The van der Waals surface area contributed by atoms with Crippen molar-refractivity contribution in [1.29, 1.82) is 0 Å². The Bertz CT molecular complexity index is 1670. The smallest absolute Gasteiger partial charge is 0.268 e. The van der Waals surface area contributed by atoms with Gasteiger partial charge in [0.05, 0.1) is 23.8 Å². The van der Waals surface area contributed by atoms with Gasteiger partial charge in [-0.1, -0.05) is 67.5 Å². The number of hydrogen-bond donors (Lipinski definition) is 0. The first-order valence-electron chi connectivity index (χ1n) is 11.9. The fourth-order valence-corrected chi connectivity index (χ4v) is 7.24. The molecule has 36 heavy (non-hydrogen) atoms. The summed E-state index contributed by atoms with van der Waals surface area (Å²) in [5, 5.41) is 11.3. The van der Waals surface area contributed by atoms with E-state index in [-0.39, 0.29) is 11.7 Å². The van der Waals surface area contributed by atoms with E-state index in [9.17, 15) is 4.79 Å². The number of aromatic nitrogens is 4. The molecule has 0 saturated carbocycles. The van der Waals surface area contributed by atoms with Gasteiger partial charge in [0.15, 0.2) is 5.16 Å². The van der Waals surface area contributed by atoms with Crippen molar-refractivity contribution in [1.82, 2.24) is 19.2 Å². The second kappa shape index (κ2) is 9.34. The van der Waals surface area contributed by atoms with Crippen LogP contribution in [0.2, 0.25) is 5.02 Å². The molecule has 5 aromatic rings. The molecule has 184 valence electrons. The maximum absolute atomic E-state index is 14.1. The summed E-state index contributed by atoms with van der Waals surface area (Å²) in [7, 11) is 0. The average Bonchev–Trinajstić information content (AvgIpc) is 3.45. The van der Waals surface area contributed by atoms with E-state index in [2.05, 4.69) is 24.0 Å².